The van der Waals surface area contributed by atoms with Gasteiger partial charge >= 0.3 is 0 Å². The molecule has 0 amide bonds. The van der Waals surface area contributed by atoms with E-state index in [4.69, 9.17) is 16.3 Å². The van der Waals surface area contributed by atoms with Crippen LogP contribution < -0.4 is 4.74 Å². The number of aliphatic hydroxyl groups is 1. The van der Waals surface area contributed by atoms with Gasteiger partial charge in [-0.3, -0.25) is 9.48 Å². The topological polar surface area (TPSA) is 64.3 Å². The summed E-state index contributed by atoms with van der Waals surface area (Å²) in [5.41, 5.74) is 2.97. The number of aromatic nitrogens is 2. The zero-order valence-corrected chi connectivity index (χ0v) is 17.9. The lowest BCUT2D eigenvalue weighted by Gasteiger charge is -2.14. The van der Waals surface area contributed by atoms with E-state index in [1.165, 1.54) is 0 Å². The molecule has 0 fully saturated rings. The summed E-state index contributed by atoms with van der Waals surface area (Å²) in [5, 5.41) is 15.2. The van der Waals surface area contributed by atoms with Crippen LogP contribution in [0.4, 0.5) is 0 Å². The van der Waals surface area contributed by atoms with Crippen molar-refractivity contribution in [3.63, 3.8) is 0 Å². The van der Waals surface area contributed by atoms with E-state index in [1.54, 1.807) is 53.2 Å². The molecular weight excluding hydrogens is 444 g/mol. The van der Waals surface area contributed by atoms with Crippen LogP contribution in [0, 0.1) is 13.8 Å². The van der Waals surface area contributed by atoms with Gasteiger partial charge in [-0.25, -0.2) is 0 Å². The highest BCUT2D eigenvalue weighted by Crippen LogP contribution is 2.20. The molecule has 0 aliphatic rings. The Balaban J connectivity index is 1.57. The molecule has 1 aromatic heterocycles. The first kappa shape index (κ1) is 20.6. The normalized spacial score (nSPS) is 12.0. The molecule has 0 radical (unpaired) electrons. The van der Waals surface area contributed by atoms with Gasteiger partial charge in [0.05, 0.1) is 16.7 Å². The Hall–Kier alpha value is -2.15. The highest BCUT2D eigenvalue weighted by molar-refractivity contribution is 9.10. The Morgan fingerprint density at radius 1 is 1.14 bits per heavy atom. The third-order valence-corrected chi connectivity index (χ3v) is 5.74. The van der Waals surface area contributed by atoms with Crippen molar-refractivity contribution in [2.24, 2.45) is 0 Å². The molecule has 0 saturated carbocycles. The van der Waals surface area contributed by atoms with Gasteiger partial charge in [0, 0.05) is 21.8 Å². The molecule has 1 atom stereocenters. The largest absolute Gasteiger partial charge is 0.491 e. The van der Waals surface area contributed by atoms with Crippen molar-refractivity contribution in [3.8, 4) is 5.75 Å². The van der Waals surface area contributed by atoms with E-state index in [2.05, 4.69) is 21.0 Å². The maximum Gasteiger partial charge on any atom is 0.193 e. The van der Waals surface area contributed by atoms with Crippen LogP contribution in [0.5, 0.6) is 5.75 Å². The second kappa shape index (κ2) is 8.90. The van der Waals surface area contributed by atoms with E-state index >= 15 is 0 Å². The number of carbonyl (C=O) groups is 1. The van der Waals surface area contributed by atoms with Crippen LogP contribution in [-0.4, -0.2) is 33.4 Å². The fourth-order valence-corrected chi connectivity index (χ4v) is 3.18. The molecule has 146 valence electrons. The monoisotopic (exact) mass is 462 g/mol. The Bertz CT molecular complexity index is 969. The lowest BCUT2D eigenvalue weighted by Crippen LogP contribution is -2.24. The number of hydrogen-bond donors (Lipinski definition) is 1. The predicted molar refractivity (Wildman–Crippen MR) is 112 cm³/mol. The summed E-state index contributed by atoms with van der Waals surface area (Å²) in [6.07, 6.45) is -0.708. The molecule has 3 aromatic rings. The molecule has 2 aromatic carbocycles. The number of hydrogen-bond acceptors (Lipinski definition) is 4. The number of carbonyl (C=O) groups excluding carboxylic acids is 1. The van der Waals surface area contributed by atoms with Gasteiger partial charge in [0.2, 0.25) is 0 Å². The molecular formula is C21H20BrClN2O3. The minimum atomic E-state index is -0.708. The average Bonchev–Trinajstić information content (AvgIpc) is 2.93. The summed E-state index contributed by atoms with van der Waals surface area (Å²) >= 11 is 9.33. The summed E-state index contributed by atoms with van der Waals surface area (Å²) in [6, 6.07) is 13.6. The second-order valence-electron chi connectivity index (χ2n) is 6.49. The van der Waals surface area contributed by atoms with Gasteiger partial charge in [0.15, 0.2) is 5.78 Å². The van der Waals surface area contributed by atoms with Crippen molar-refractivity contribution in [2.75, 3.05) is 6.61 Å². The van der Waals surface area contributed by atoms with E-state index < -0.39 is 6.10 Å². The molecule has 7 heteroatoms. The van der Waals surface area contributed by atoms with Gasteiger partial charge in [-0.1, -0.05) is 11.6 Å². The smallest absolute Gasteiger partial charge is 0.193 e. The molecule has 28 heavy (non-hydrogen) atoms. The molecule has 0 spiro atoms. The van der Waals surface area contributed by atoms with Gasteiger partial charge in [0.25, 0.3) is 0 Å². The summed E-state index contributed by atoms with van der Waals surface area (Å²) in [7, 11) is 0. The number of benzene rings is 2. The summed E-state index contributed by atoms with van der Waals surface area (Å²) in [6.45, 7) is 4.31. The van der Waals surface area contributed by atoms with E-state index in [0.717, 1.165) is 15.9 Å². The van der Waals surface area contributed by atoms with Gasteiger partial charge in [-0.05, 0) is 78.3 Å². The minimum absolute atomic E-state index is 0.0849. The third kappa shape index (κ3) is 4.82. The molecule has 0 unspecified atom stereocenters. The van der Waals surface area contributed by atoms with Gasteiger partial charge in [-0.2, -0.15) is 5.10 Å². The molecule has 5 nitrogen and oxygen atoms in total. The number of aliphatic hydroxyl groups excluding tert-OH is 1. The van der Waals surface area contributed by atoms with E-state index in [1.807, 2.05) is 13.8 Å². The first-order valence-corrected chi connectivity index (χ1v) is 9.93. The van der Waals surface area contributed by atoms with Crippen LogP contribution in [-0.2, 0) is 6.54 Å². The molecule has 1 N–H and O–H groups in total. The Labute approximate surface area is 177 Å². The van der Waals surface area contributed by atoms with Crippen LogP contribution in [0.3, 0.4) is 0 Å². The summed E-state index contributed by atoms with van der Waals surface area (Å²) in [5.74, 6) is 0.500. The first-order valence-electron chi connectivity index (χ1n) is 8.76. The van der Waals surface area contributed by atoms with Gasteiger partial charge < -0.3 is 9.84 Å². The van der Waals surface area contributed by atoms with Gasteiger partial charge in [0.1, 0.15) is 18.5 Å². The number of ketones is 1. The zero-order valence-electron chi connectivity index (χ0n) is 15.5. The molecule has 1 heterocycles. The third-order valence-electron chi connectivity index (χ3n) is 4.34. The van der Waals surface area contributed by atoms with E-state index in [0.29, 0.717) is 28.4 Å². The van der Waals surface area contributed by atoms with Crippen molar-refractivity contribution in [1.29, 1.82) is 0 Å². The van der Waals surface area contributed by atoms with Gasteiger partial charge in [-0.15, -0.1) is 0 Å². The average molecular weight is 464 g/mol. The Kier molecular flexibility index (Phi) is 6.54. The fourth-order valence-electron chi connectivity index (χ4n) is 2.77. The van der Waals surface area contributed by atoms with Crippen LogP contribution in [0.1, 0.15) is 27.3 Å². The second-order valence-corrected chi connectivity index (χ2v) is 7.72. The van der Waals surface area contributed by atoms with Crippen LogP contribution in [0.15, 0.2) is 53.0 Å². The van der Waals surface area contributed by atoms with Crippen LogP contribution >= 0.6 is 27.5 Å². The van der Waals surface area contributed by atoms with Crippen LogP contribution in [0.25, 0.3) is 0 Å². The molecule has 0 aliphatic heterocycles. The van der Waals surface area contributed by atoms with Crippen LogP contribution in [0.2, 0.25) is 5.02 Å². The number of aryl methyl sites for hydroxylation is 1. The fraction of sp³-hybridized carbons (Fsp3) is 0.238. The number of nitrogens with zero attached hydrogens (tertiary/aromatic N) is 2. The summed E-state index contributed by atoms with van der Waals surface area (Å²) in [4.78, 5) is 12.5. The van der Waals surface area contributed by atoms with E-state index in [9.17, 15) is 9.90 Å². The highest BCUT2D eigenvalue weighted by atomic mass is 79.9. The number of halogens is 2. The van der Waals surface area contributed by atoms with Crippen molar-refractivity contribution in [3.05, 3.63) is 80.5 Å². The zero-order chi connectivity index (χ0) is 20.3. The van der Waals surface area contributed by atoms with Crippen molar-refractivity contribution < 1.29 is 14.6 Å². The standard InChI is InChI=1S/C21H20BrClN2O3/c1-13-20(22)14(2)25(24-13)11-18(26)12-28-19-9-5-16(6-10-19)21(27)15-3-7-17(23)8-4-15/h3-10,18,26H,11-12H2,1-2H3/t18-/m1/s1. The molecule has 0 aliphatic carbocycles. The SMILES string of the molecule is Cc1nn(C[C@@H](O)COc2ccc(C(=O)c3ccc(Cl)cc3)cc2)c(C)c1Br. The lowest BCUT2D eigenvalue weighted by molar-refractivity contribution is 0.0886. The van der Waals surface area contributed by atoms with Crippen molar-refractivity contribution >= 4 is 33.3 Å². The minimum Gasteiger partial charge on any atom is -0.491 e. The summed E-state index contributed by atoms with van der Waals surface area (Å²) < 4.78 is 8.34. The number of ether oxygens (including phenoxy) is 1. The van der Waals surface area contributed by atoms with E-state index in [-0.39, 0.29) is 12.4 Å². The maximum absolute atomic E-state index is 12.5. The molecule has 0 bridgehead atoms. The Morgan fingerprint density at radius 3 is 2.25 bits per heavy atom. The lowest BCUT2D eigenvalue weighted by atomic mass is 10.0. The maximum atomic E-state index is 12.5. The Morgan fingerprint density at radius 2 is 1.71 bits per heavy atom. The predicted octanol–water partition coefficient (Wildman–Crippen LogP) is 4.59. The van der Waals surface area contributed by atoms with Crippen molar-refractivity contribution in [2.45, 2.75) is 26.5 Å². The molecule has 0 saturated heterocycles. The van der Waals surface area contributed by atoms with Crippen molar-refractivity contribution in [1.82, 2.24) is 9.78 Å². The first-order chi connectivity index (χ1) is 13.3. The highest BCUT2D eigenvalue weighted by Gasteiger charge is 2.14. The quantitative estimate of drug-likeness (QED) is 0.521. The molecule has 3 rings (SSSR count). The number of rotatable bonds is 7.